The molecule has 3 rings (SSSR count). The number of likely N-dealkylation sites (tertiary alicyclic amines) is 1. The van der Waals surface area contributed by atoms with Gasteiger partial charge in [-0.05, 0) is 51.6 Å². The maximum atomic E-state index is 12.4. The highest BCUT2D eigenvalue weighted by Crippen LogP contribution is 2.44. The summed E-state index contributed by atoms with van der Waals surface area (Å²) in [5, 5.41) is 3.51. The first kappa shape index (κ1) is 16.3. The van der Waals surface area contributed by atoms with E-state index in [1.807, 2.05) is 25.7 Å². The summed E-state index contributed by atoms with van der Waals surface area (Å²) in [5.74, 6) is 0.444. The second-order valence-corrected chi connectivity index (χ2v) is 7.85. The van der Waals surface area contributed by atoms with Crippen LogP contribution in [0.1, 0.15) is 39.2 Å². The van der Waals surface area contributed by atoms with E-state index in [0.29, 0.717) is 5.92 Å². The first-order valence-corrected chi connectivity index (χ1v) is 8.65. The van der Waals surface area contributed by atoms with Crippen molar-refractivity contribution in [3.63, 3.8) is 0 Å². The van der Waals surface area contributed by atoms with Crippen molar-refractivity contribution in [1.82, 2.24) is 10.2 Å². The van der Waals surface area contributed by atoms with E-state index in [1.54, 1.807) is 0 Å². The van der Waals surface area contributed by atoms with E-state index in [2.05, 4.69) is 35.6 Å². The van der Waals surface area contributed by atoms with Crippen molar-refractivity contribution in [3.8, 4) is 0 Å². The Morgan fingerprint density at radius 3 is 2.70 bits per heavy atom. The van der Waals surface area contributed by atoms with Crippen molar-refractivity contribution in [2.45, 2.75) is 44.6 Å². The molecule has 2 unspecified atom stereocenters. The van der Waals surface area contributed by atoms with Gasteiger partial charge in [0.15, 0.2) is 0 Å². The van der Waals surface area contributed by atoms with Gasteiger partial charge in [0.2, 0.25) is 0 Å². The summed E-state index contributed by atoms with van der Waals surface area (Å²) < 4.78 is 5.56. The Bertz CT molecular complexity index is 552. The highest BCUT2D eigenvalue weighted by Gasteiger charge is 2.46. The molecule has 4 nitrogen and oxygen atoms in total. The van der Waals surface area contributed by atoms with Crippen LogP contribution in [0.25, 0.3) is 0 Å². The normalized spacial score (nSPS) is 28.1. The Morgan fingerprint density at radius 2 is 2.00 bits per heavy atom. The fourth-order valence-corrected chi connectivity index (χ4v) is 4.03. The third-order valence-corrected chi connectivity index (χ3v) is 5.19. The quantitative estimate of drug-likeness (QED) is 0.865. The molecule has 126 valence electrons. The zero-order valence-electron chi connectivity index (χ0n) is 14.5. The van der Waals surface area contributed by atoms with E-state index < -0.39 is 5.60 Å². The van der Waals surface area contributed by atoms with E-state index in [0.717, 1.165) is 39.0 Å². The van der Waals surface area contributed by atoms with Gasteiger partial charge in [-0.15, -0.1) is 0 Å². The van der Waals surface area contributed by atoms with Crippen molar-refractivity contribution in [1.29, 1.82) is 0 Å². The second-order valence-electron chi connectivity index (χ2n) is 7.85. The van der Waals surface area contributed by atoms with Crippen molar-refractivity contribution < 1.29 is 9.53 Å². The zero-order chi connectivity index (χ0) is 16.5. The summed E-state index contributed by atoms with van der Waals surface area (Å²) in [6, 6.07) is 10.8. The van der Waals surface area contributed by atoms with E-state index in [4.69, 9.17) is 4.74 Å². The topological polar surface area (TPSA) is 41.6 Å². The molecule has 0 aliphatic carbocycles. The van der Waals surface area contributed by atoms with Crippen molar-refractivity contribution >= 4 is 6.09 Å². The van der Waals surface area contributed by atoms with Crippen molar-refractivity contribution in [2.75, 3.05) is 26.2 Å². The average molecular weight is 316 g/mol. The number of rotatable bonds is 1. The van der Waals surface area contributed by atoms with Crippen LogP contribution >= 0.6 is 0 Å². The van der Waals surface area contributed by atoms with E-state index in [9.17, 15) is 4.79 Å². The monoisotopic (exact) mass is 316 g/mol. The molecule has 2 aliphatic rings. The first-order chi connectivity index (χ1) is 10.9. The van der Waals surface area contributed by atoms with Gasteiger partial charge in [-0.2, -0.15) is 0 Å². The molecule has 1 aromatic carbocycles. The molecule has 1 N–H and O–H groups in total. The Kier molecular flexibility index (Phi) is 4.37. The van der Waals surface area contributed by atoms with Crippen LogP contribution in [0.15, 0.2) is 30.3 Å². The summed E-state index contributed by atoms with van der Waals surface area (Å²) in [5.41, 5.74) is 1.19. The number of piperidine rings is 2. The molecule has 0 bridgehead atoms. The van der Waals surface area contributed by atoms with Gasteiger partial charge in [0, 0.05) is 25.0 Å². The van der Waals surface area contributed by atoms with Gasteiger partial charge in [-0.1, -0.05) is 30.3 Å². The molecule has 2 aliphatic heterocycles. The zero-order valence-corrected chi connectivity index (χ0v) is 14.5. The highest BCUT2D eigenvalue weighted by atomic mass is 16.6. The van der Waals surface area contributed by atoms with Gasteiger partial charge < -0.3 is 15.0 Å². The summed E-state index contributed by atoms with van der Waals surface area (Å²) in [6.45, 7) is 9.34. The third-order valence-electron chi connectivity index (χ3n) is 5.19. The lowest BCUT2D eigenvalue weighted by atomic mass is 9.62. The van der Waals surface area contributed by atoms with Crippen molar-refractivity contribution in [2.24, 2.45) is 5.92 Å². The number of hydrogen-bond acceptors (Lipinski definition) is 3. The lowest BCUT2D eigenvalue weighted by molar-refractivity contribution is 0.00119. The van der Waals surface area contributed by atoms with E-state index >= 15 is 0 Å². The molecule has 0 saturated carbocycles. The second kappa shape index (κ2) is 6.16. The summed E-state index contributed by atoms with van der Waals surface area (Å²) in [6.07, 6.45) is 1.98. The molecule has 1 aromatic rings. The maximum Gasteiger partial charge on any atom is 0.410 e. The molecule has 2 saturated heterocycles. The molecule has 4 heteroatoms. The van der Waals surface area contributed by atoms with Crippen LogP contribution in [-0.2, 0) is 10.2 Å². The fourth-order valence-electron chi connectivity index (χ4n) is 4.03. The van der Waals surface area contributed by atoms with E-state index in [-0.39, 0.29) is 11.5 Å². The van der Waals surface area contributed by atoms with Gasteiger partial charge >= 0.3 is 6.09 Å². The molecule has 2 fully saturated rings. The van der Waals surface area contributed by atoms with E-state index in [1.165, 1.54) is 5.56 Å². The predicted molar refractivity (Wildman–Crippen MR) is 91.5 cm³/mol. The standard InChI is InChI=1S/C19H28N2O2/c1-18(2,3)23-17(22)21-12-10-19(15-7-5-4-6-8-15)9-11-20-13-16(19)14-21/h4-8,16,20H,9-14H2,1-3H3. The molecule has 0 spiro atoms. The van der Waals surface area contributed by atoms with Crippen molar-refractivity contribution in [3.05, 3.63) is 35.9 Å². The Labute approximate surface area is 139 Å². The molecule has 2 heterocycles. The van der Waals surface area contributed by atoms with Crippen LogP contribution in [0.5, 0.6) is 0 Å². The van der Waals surface area contributed by atoms with Gasteiger partial charge in [-0.3, -0.25) is 0 Å². The Hall–Kier alpha value is -1.55. The molecular weight excluding hydrogens is 288 g/mol. The minimum absolute atomic E-state index is 0.176. The summed E-state index contributed by atoms with van der Waals surface area (Å²) >= 11 is 0. The molecule has 23 heavy (non-hydrogen) atoms. The van der Waals surface area contributed by atoms with Crippen LogP contribution in [0.4, 0.5) is 4.79 Å². The number of hydrogen-bond donors (Lipinski definition) is 1. The third kappa shape index (κ3) is 3.37. The van der Waals surface area contributed by atoms with Crippen LogP contribution in [0, 0.1) is 5.92 Å². The minimum Gasteiger partial charge on any atom is -0.444 e. The van der Waals surface area contributed by atoms with Gasteiger partial charge in [-0.25, -0.2) is 4.79 Å². The number of amides is 1. The smallest absolute Gasteiger partial charge is 0.410 e. The summed E-state index contributed by atoms with van der Waals surface area (Å²) in [7, 11) is 0. The molecule has 2 atom stereocenters. The van der Waals surface area contributed by atoms with Crippen LogP contribution in [0.3, 0.4) is 0 Å². The minimum atomic E-state index is -0.435. The number of benzene rings is 1. The van der Waals surface area contributed by atoms with Gasteiger partial charge in [0.25, 0.3) is 0 Å². The van der Waals surface area contributed by atoms with Crippen LogP contribution in [-0.4, -0.2) is 42.8 Å². The number of carbonyl (C=O) groups is 1. The van der Waals surface area contributed by atoms with Crippen LogP contribution < -0.4 is 5.32 Å². The largest absolute Gasteiger partial charge is 0.444 e. The fraction of sp³-hybridized carbons (Fsp3) is 0.632. The summed E-state index contributed by atoms with van der Waals surface area (Å²) in [4.78, 5) is 14.3. The van der Waals surface area contributed by atoms with Gasteiger partial charge in [0.1, 0.15) is 5.60 Å². The Morgan fingerprint density at radius 1 is 1.26 bits per heavy atom. The predicted octanol–water partition coefficient (Wildman–Crippen LogP) is 3.17. The SMILES string of the molecule is CC(C)(C)OC(=O)N1CCC2(c3ccccc3)CCNCC2C1. The molecule has 0 aromatic heterocycles. The maximum absolute atomic E-state index is 12.4. The molecule has 1 amide bonds. The number of nitrogens with zero attached hydrogens (tertiary/aromatic N) is 1. The highest BCUT2D eigenvalue weighted by molar-refractivity contribution is 5.68. The average Bonchev–Trinajstić information content (AvgIpc) is 2.53. The van der Waals surface area contributed by atoms with Gasteiger partial charge in [0.05, 0.1) is 0 Å². The Balaban J connectivity index is 1.78. The lowest BCUT2D eigenvalue weighted by Gasteiger charge is -2.51. The lowest BCUT2D eigenvalue weighted by Crippen LogP contribution is -2.58. The number of fused-ring (bicyclic) bond motifs is 1. The first-order valence-electron chi connectivity index (χ1n) is 8.65. The number of ether oxygens (including phenoxy) is 1. The molecular formula is C19H28N2O2. The van der Waals surface area contributed by atoms with Crippen LogP contribution in [0.2, 0.25) is 0 Å². The molecule has 0 radical (unpaired) electrons. The number of carbonyl (C=O) groups excluding carboxylic acids is 1. The number of nitrogens with one attached hydrogen (secondary N) is 1.